The van der Waals surface area contributed by atoms with Crippen molar-refractivity contribution in [3.63, 3.8) is 0 Å². The molecule has 1 aliphatic rings. The van der Waals surface area contributed by atoms with Gasteiger partial charge >= 0.3 is 0 Å². The van der Waals surface area contributed by atoms with E-state index in [2.05, 4.69) is 24.1 Å². The lowest BCUT2D eigenvalue weighted by atomic mass is 10.1. The van der Waals surface area contributed by atoms with Crippen LogP contribution in [0, 0.1) is 5.92 Å². The van der Waals surface area contributed by atoms with Gasteiger partial charge in [-0.15, -0.1) is 0 Å². The molecule has 19 heavy (non-hydrogen) atoms. The normalized spacial score (nSPS) is 19.5. The number of likely N-dealkylation sites (tertiary alicyclic amines) is 1. The molecule has 1 aliphatic heterocycles. The molecule has 1 fully saturated rings. The van der Waals surface area contributed by atoms with Crippen LogP contribution in [0.4, 0.5) is 0 Å². The Morgan fingerprint density at radius 1 is 1.16 bits per heavy atom. The van der Waals surface area contributed by atoms with Crippen LogP contribution < -0.4 is 5.32 Å². The fourth-order valence-electron chi connectivity index (χ4n) is 2.73. The van der Waals surface area contributed by atoms with Gasteiger partial charge < -0.3 is 15.3 Å². The van der Waals surface area contributed by atoms with Crippen molar-refractivity contribution < 1.29 is 5.11 Å². The zero-order valence-corrected chi connectivity index (χ0v) is 12.1. The van der Waals surface area contributed by atoms with E-state index in [4.69, 9.17) is 0 Å². The molecule has 3 nitrogen and oxygen atoms in total. The Kier molecular flexibility index (Phi) is 5.23. The van der Waals surface area contributed by atoms with Gasteiger partial charge in [-0.25, -0.2) is 0 Å². The molecule has 0 amide bonds. The highest BCUT2D eigenvalue weighted by molar-refractivity contribution is 5.27. The number of phenols is 1. The smallest absolute Gasteiger partial charge is 0.115 e. The van der Waals surface area contributed by atoms with Crippen molar-refractivity contribution in [2.24, 2.45) is 5.92 Å². The summed E-state index contributed by atoms with van der Waals surface area (Å²) in [5.74, 6) is 1.01. The molecule has 0 spiro atoms. The van der Waals surface area contributed by atoms with Gasteiger partial charge in [0.2, 0.25) is 0 Å². The highest BCUT2D eigenvalue weighted by Crippen LogP contribution is 2.17. The lowest BCUT2D eigenvalue weighted by Gasteiger charge is -2.22. The zero-order valence-electron chi connectivity index (χ0n) is 12.1. The van der Waals surface area contributed by atoms with Crippen LogP contribution in [0.25, 0.3) is 0 Å². The Bertz CT molecular complexity index is 371. The van der Waals surface area contributed by atoms with E-state index in [1.807, 2.05) is 12.1 Å². The summed E-state index contributed by atoms with van der Waals surface area (Å²) in [6.45, 7) is 9.29. The van der Waals surface area contributed by atoms with Crippen LogP contribution in [0.3, 0.4) is 0 Å². The van der Waals surface area contributed by atoms with Gasteiger partial charge in [0.15, 0.2) is 0 Å². The van der Waals surface area contributed by atoms with Gasteiger partial charge in [0.05, 0.1) is 0 Å². The molecule has 106 valence electrons. The minimum Gasteiger partial charge on any atom is -0.508 e. The maximum absolute atomic E-state index is 9.29. The number of aromatic hydroxyl groups is 1. The molecule has 1 heterocycles. The van der Waals surface area contributed by atoms with Crippen LogP contribution in [-0.2, 0) is 0 Å². The minimum atomic E-state index is 0.332. The molecule has 2 rings (SSSR count). The number of phenolic OH excluding ortho intramolecular Hbond substituents is 1. The molecule has 2 atom stereocenters. The number of nitrogens with zero attached hydrogens (tertiary/aromatic N) is 1. The topological polar surface area (TPSA) is 35.5 Å². The second-order valence-electron chi connectivity index (χ2n) is 5.83. The van der Waals surface area contributed by atoms with Crippen molar-refractivity contribution in [2.45, 2.75) is 32.7 Å². The van der Waals surface area contributed by atoms with E-state index in [-0.39, 0.29) is 0 Å². The quantitative estimate of drug-likeness (QED) is 0.827. The van der Waals surface area contributed by atoms with Crippen LogP contribution in [0.2, 0.25) is 0 Å². The fraction of sp³-hybridized carbons (Fsp3) is 0.625. The van der Waals surface area contributed by atoms with Crippen LogP contribution >= 0.6 is 0 Å². The molecule has 2 N–H and O–H groups in total. The first-order valence-corrected chi connectivity index (χ1v) is 7.40. The average Bonchev–Trinajstić information content (AvgIpc) is 2.89. The van der Waals surface area contributed by atoms with Crippen molar-refractivity contribution in [1.29, 1.82) is 0 Å². The van der Waals surface area contributed by atoms with Crippen molar-refractivity contribution in [2.75, 3.05) is 26.2 Å². The first kappa shape index (κ1) is 14.4. The predicted octanol–water partition coefficient (Wildman–Crippen LogP) is 2.77. The van der Waals surface area contributed by atoms with Gasteiger partial charge in [-0.05, 0) is 63.0 Å². The Labute approximate surface area is 116 Å². The third kappa shape index (κ3) is 4.51. The monoisotopic (exact) mass is 262 g/mol. The van der Waals surface area contributed by atoms with Crippen LogP contribution in [-0.4, -0.2) is 36.2 Å². The molecule has 1 aromatic carbocycles. The zero-order chi connectivity index (χ0) is 13.7. The van der Waals surface area contributed by atoms with E-state index in [1.54, 1.807) is 12.1 Å². The van der Waals surface area contributed by atoms with Gasteiger partial charge in [0, 0.05) is 12.6 Å². The number of hydrogen-bond acceptors (Lipinski definition) is 3. The van der Waals surface area contributed by atoms with Crippen LogP contribution in [0.5, 0.6) is 5.75 Å². The Morgan fingerprint density at radius 2 is 1.79 bits per heavy atom. The standard InChI is InChI=1S/C16H26N2O/c1-13(12-18-9-3-4-10-18)11-17-14(2)15-5-7-16(19)8-6-15/h5-8,13-14,17,19H,3-4,9-12H2,1-2H3. The molecule has 1 aromatic rings. The highest BCUT2D eigenvalue weighted by atomic mass is 16.3. The van der Waals surface area contributed by atoms with Crippen molar-refractivity contribution >= 4 is 0 Å². The van der Waals surface area contributed by atoms with E-state index < -0.39 is 0 Å². The first-order chi connectivity index (χ1) is 9.15. The lowest BCUT2D eigenvalue weighted by molar-refractivity contribution is 0.279. The number of nitrogens with one attached hydrogen (secondary N) is 1. The van der Waals surface area contributed by atoms with Crippen molar-refractivity contribution in [3.05, 3.63) is 29.8 Å². The number of benzene rings is 1. The van der Waals surface area contributed by atoms with Crippen molar-refractivity contribution in [3.8, 4) is 5.75 Å². The summed E-state index contributed by atoms with van der Waals surface area (Å²) in [6, 6.07) is 7.81. The van der Waals surface area contributed by atoms with E-state index in [1.165, 1.54) is 38.0 Å². The maximum Gasteiger partial charge on any atom is 0.115 e. The van der Waals surface area contributed by atoms with Gasteiger partial charge in [0.25, 0.3) is 0 Å². The van der Waals surface area contributed by atoms with Gasteiger partial charge in [-0.2, -0.15) is 0 Å². The van der Waals surface area contributed by atoms with Gasteiger partial charge in [-0.1, -0.05) is 19.1 Å². The molecule has 0 bridgehead atoms. The summed E-state index contributed by atoms with van der Waals surface area (Å²) in [6.07, 6.45) is 2.73. The fourth-order valence-corrected chi connectivity index (χ4v) is 2.73. The van der Waals surface area contributed by atoms with E-state index in [0.717, 1.165) is 6.54 Å². The van der Waals surface area contributed by atoms with E-state index in [0.29, 0.717) is 17.7 Å². The number of rotatable bonds is 6. The SMILES string of the molecule is CC(CNC(C)c1ccc(O)cc1)CN1CCCC1. The molecule has 0 saturated carbocycles. The third-order valence-corrected chi connectivity index (χ3v) is 3.93. The Morgan fingerprint density at radius 3 is 2.42 bits per heavy atom. The molecule has 2 unspecified atom stereocenters. The van der Waals surface area contributed by atoms with Crippen LogP contribution in [0.15, 0.2) is 24.3 Å². The largest absolute Gasteiger partial charge is 0.508 e. The summed E-state index contributed by atoms with van der Waals surface area (Å²) < 4.78 is 0. The molecular formula is C16H26N2O. The minimum absolute atomic E-state index is 0.332. The molecule has 1 saturated heterocycles. The number of hydrogen-bond donors (Lipinski definition) is 2. The Balaban J connectivity index is 1.73. The highest BCUT2D eigenvalue weighted by Gasteiger charge is 2.15. The van der Waals surface area contributed by atoms with Gasteiger partial charge in [0.1, 0.15) is 5.75 Å². The molecule has 0 aliphatic carbocycles. The second kappa shape index (κ2) is 6.92. The summed E-state index contributed by atoms with van der Waals surface area (Å²) in [4.78, 5) is 2.57. The molecule has 3 heteroatoms. The van der Waals surface area contributed by atoms with E-state index in [9.17, 15) is 5.11 Å². The summed E-state index contributed by atoms with van der Waals surface area (Å²) in [5.41, 5.74) is 1.23. The third-order valence-electron chi connectivity index (χ3n) is 3.93. The first-order valence-electron chi connectivity index (χ1n) is 7.40. The Hall–Kier alpha value is -1.06. The van der Waals surface area contributed by atoms with Gasteiger partial charge in [-0.3, -0.25) is 0 Å². The molecular weight excluding hydrogens is 236 g/mol. The average molecular weight is 262 g/mol. The molecule has 0 aromatic heterocycles. The molecule has 0 radical (unpaired) electrons. The predicted molar refractivity (Wildman–Crippen MR) is 79.4 cm³/mol. The van der Waals surface area contributed by atoms with Crippen LogP contribution in [0.1, 0.15) is 38.3 Å². The lowest BCUT2D eigenvalue weighted by Crippen LogP contribution is -2.32. The summed E-state index contributed by atoms with van der Waals surface area (Å²) in [7, 11) is 0. The maximum atomic E-state index is 9.29. The van der Waals surface area contributed by atoms with Crippen molar-refractivity contribution in [1.82, 2.24) is 10.2 Å². The summed E-state index contributed by atoms with van der Waals surface area (Å²) >= 11 is 0. The van der Waals surface area contributed by atoms with E-state index >= 15 is 0 Å². The second-order valence-corrected chi connectivity index (χ2v) is 5.83. The summed E-state index contributed by atoms with van der Waals surface area (Å²) in [5, 5.41) is 12.9.